The normalized spacial score (nSPS) is 9.12. The number of nitrogens with zero attached hydrogens (tertiary/aromatic N) is 1. The molecule has 44 valence electrons. The van der Waals surface area contributed by atoms with Gasteiger partial charge in [0.1, 0.15) is 12.9 Å². The van der Waals surface area contributed by atoms with Gasteiger partial charge in [0.05, 0.1) is 0 Å². The maximum absolute atomic E-state index is 5.39. The van der Waals surface area contributed by atoms with Gasteiger partial charge in [-0.3, -0.25) is 0 Å². The lowest BCUT2D eigenvalue weighted by molar-refractivity contribution is 0.173. The topological polar surface area (TPSA) is 40.2 Å². The zero-order valence-electron chi connectivity index (χ0n) is 4.66. The number of nitrogen functional groups attached to an aromatic ring is 1. The molecule has 0 fully saturated rings. The van der Waals surface area contributed by atoms with E-state index in [1.54, 1.807) is 19.4 Å². The SMILES string of the molecule is COn1cccc1N. The molecule has 1 rings (SSSR count). The summed E-state index contributed by atoms with van der Waals surface area (Å²) < 4.78 is 1.49. The summed E-state index contributed by atoms with van der Waals surface area (Å²) in [4.78, 5) is 4.78. The van der Waals surface area contributed by atoms with Gasteiger partial charge in [0.2, 0.25) is 0 Å². The van der Waals surface area contributed by atoms with Crippen LogP contribution in [0, 0.1) is 0 Å². The molecule has 0 radical (unpaired) electrons. The number of aromatic nitrogens is 1. The number of rotatable bonds is 1. The van der Waals surface area contributed by atoms with Crippen LogP contribution in [0.1, 0.15) is 0 Å². The van der Waals surface area contributed by atoms with Gasteiger partial charge in [-0.1, -0.05) is 0 Å². The highest BCUT2D eigenvalue weighted by atomic mass is 16.6. The third-order valence-corrected chi connectivity index (χ3v) is 0.940. The van der Waals surface area contributed by atoms with E-state index in [9.17, 15) is 0 Å². The molecule has 0 unspecified atom stereocenters. The Bertz CT molecular complexity index is 171. The van der Waals surface area contributed by atoms with E-state index < -0.39 is 0 Å². The first-order valence-corrected chi connectivity index (χ1v) is 2.32. The zero-order valence-corrected chi connectivity index (χ0v) is 4.66. The summed E-state index contributed by atoms with van der Waals surface area (Å²) >= 11 is 0. The predicted octanol–water partition coefficient (Wildman–Crippen LogP) is 0.129. The van der Waals surface area contributed by atoms with Gasteiger partial charge in [0.15, 0.2) is 0 Å². The number of nitrogens with two attached hydrogens (primary N) is 1. The van der Waals surface area contributed by atoms with Gasteiger partial charge in [-0.25, -0.2) is 0 Å². The Hall–Kier alpha value is -1.12. The van der Waals surface area contributed by atoms with Gasteiger partial charge in [0, 0.05) is 6.20 Å². The molecule has 8 heavy (non-hydrogen) atoms. The lowest BCUT2D eigenvalue weighted by atomic mass is 10.6. The van der Waals surface area contributed by atoms with Crippen molar-refractivity contribution in [3.63, 3.8) is 0 Å². The standard InChI is InChI=1S/C5H8N2O/c1-8-7-4-2-3-5(7)6/h2-4H,6H2,1H3. The van der Waals surface area contributed by atoms with E-state index in [-0.39, 0.29) is 0 Å². The van der Waals surface area contributed by atoms with Crippen molar-refractivity contribution in [2.45, 2.75) is 0 Å². The summed E-state index contributed by atoms with van der Waals surface area (Å²) in [5.74, 6) is 0.618. The molecule has 0 aliphatic rings. The van der Waals surface area contributed by atoms with Crippen molar-refractivity contribution in [2.75, 3.05) is 12.8 Å². The fourth-order valence-electron chi connectivity index (χ4n) is 0.546. The summed E-state index contributed by atoms with van der Waals surface area (Å²) in [6.07, 6.45) is 1.75. The van der Waals surface area contributed by atoms with E-state index in [1.165, 1.54) is 4.73 Å². The van der Waals surface area contributed by atoms with Crippen LogP contribution in [0.5, 0.6) is 0 Å². The van der Waals surface area contributed by atoms with Crippen LogP contribution in [0.2, 0.25) is 0 Å². The summed E-state index contributed by atoms with van der Waals surface area (Å²) in [7, 11) is 1.57. The van der Waals surface area contributed by atoms with E-state index in [0.29, 0.717) is 5.82 Å². The molecule has 1 aromatic rings. The molecule has 0 aliphatic heterocycles. The molecule has 0 amide bonds. The van der Waals surface area contributed by atoms with Crippen molar-refractivity contribution in [3.8, 4) is 0 Å². The maximum Gasteiger partial charge on any atom is 0.139 e. The highest BCUT2D eigenvalue weighted by Crippen LogP contribution is 1.98. The molecule has 2 N–H and O–H groups in total. The lowest BCUT2D eigenvalue weighted by Gasteiger charge is -1.99. The molecular weight excluding hydrogens is 104 g/mol. The first kappa shape index (κ1) is 5.03. The molecular formula is C5H8N2O. The van der Waals surface area contributed by atoms with Gasteiger partial charge >= 0.3 is 0 Å². The average Bonchev–Trinajstić information content (AvgIpc) is 2.14. The Morgan fingerprint density at radius 2 is 2.50 bits per heavy atom. The smallest absolute Gasteiger partial charge is 0.139 e. The van der Waals surface area contributed by atoms with Crippen LogP contribution in [-0.2, 0) is 0 Å². The van der Waals surface area contributed by atoms with Crippen molar-refractivity contribution in [1.29, 1.82) is 0 Å². The van der Waals surface area contributed by atoms with Gasteiger partial charge in [0.25, 0.3) is 0 Å². The van der Waals surface area contributed by atoms with Gasteiger partial charge in [-0.2, -0.15) is 4.73 Å². The molecule has 1 aromatic heterocycles. The van der Waals surface area contributed by atoms with Crippen molar-refractivity contribution >= 4 is 5.82 Å². The Balaban J connectivity index is 2.92. The maximum atomic E-state index is 5.39. The fraction of sp³-hybridized carbons (Fsp3) is 0.200. The molecule has 0 aliphatic carbocycles. The number of anilines is 1. The van der Waals surface area contributed by atoms with Gasteiger partial charge in [-0.05, 0) is 12.1 Å². The number of hydrogen-bond donors (Lipinski definition) is 1. The summed E-state index contributed by atoms with van der Waals surface area (Å²) in [5.41, 5.74) is 5.39. The quantitative estimate of drug-likeness (QED) is 0.561. The zero-order chi connectivity index (χ0) is 5.98. The monoisotopic (exact) mass is 112 g/mol. The van der Waals surface area contributed by atoms with Gasteiger partial charge in [-0.15, -0.1) is 0 Å². The minimum atomic E-state index is 0.618. The molecule has 0 saturated heterocycles. The van der Waals surface area contributed by atoms with E-state index in [2.05, 4.69) is 0 Å². The second-order valence-electron chi connectivity index (χ2n) is 1.44. The van der Waals surface area contributed by atoms with Crippen molar-refractivity contribution in [2.24, 2.45) is 0 Å². The van der Waals surface area contributed by atoms with Crippen LogP contribution in [0.3, 0.4) is 0 Å². The first-order chi connectivity index (χ1) is 3.84. The highest BCUT2D eigenvalue weighted by Gasteiger charge is 1.88. The Kier molecular flexibility index (Phi) is 1.12. The van der Waals surface area contributed by atoms with E-state index in [0.717, 1.165) is 0 Å². The number of hydrogen-bond acceptors (Lipinski definition) is 2. The van der Waals surface area contributed by atoms with Crippen LogP contribution in [0.25, 0.3) is 0 Å². The minimum absolute atomic E-state index is 0.618. The largest absolute Gasteiger partial charge is 0.416 e. The Morgan fingerprint density at radius 1 is 1.75 bits per heavy atom. The lowest BCUT2D eigenvalue weighted by Crippen LogP contribution is -2.06. The summed E-state index contributed by atoms with van der Waals surface area (Å²) in [5, 5.41) is 0. The molecule has 0 spiro atoms. The average molecular weight is 112 g/mol. The molecule has 0 bridgehead atoms. The summed E-state index contributed by atoms with van der Waals surface area (Å²) in [6.45, 7) is 0. The molecule has 3 nitrogen and oxygen atoms in total. The molecule has 1 heterocycles. The fourth-order valence-corrected chi connectivity index (χ4v) is 0.546. The first-order valence-electron chi connectivity index (χ1n) is 2.32. The van der Waals surface area contributed by atoms with E-state index >= 15 is 0 Å². The van der Waals surface area contributed by atoms with Crippen LogP contribution in [0.4, 0.5) is 5.82 Å². The van der Waals surface area contributed by atoms with Crippen LogP contribution < -0.4 is 10.6 Å². The van der Waals surface area contributed by atoms with Gasteiger partial charge < -0.3 is 10.6 Å². The third kappa shape index (κ3) is 0.621. The Labute approximate surface area is 47.6 Å². The highest BCUT2D eigenvalue weighted by molar-refractivity contribution is 5.28. The third-order valence-electron chi connectivity index (χ3n) is 0.940. The van der Waals surface area contributed by atoms with Crippen LogP contribution in [0.15, 0.2) is 18.3 Å². The van der Waals surface area contributed by atoms with Crippen LogP contribution >= 0.6 is 0 Å². The molecule has 0 atom stereocenters. The minimum Gasteiger partial charge on any atom is -0.416 e. The van der Waals surface area contributed by atoms with Crippen molar-refractivity contribution in [3.05, 3.63) is 18.3 Å². The Morgan fingerprint density at radius 3 is 2.75 bits per heavy atom. The predicted molar refractivity (Wildman–Crippen MR) is 31.3 cm³/mol. The summed E-state index contributed by atoms with van der Waals surface area (Å²) in [6, 6.07) is 3.59. The van der Waals surface area contributed by atoms with Crippen molar-refractivity contribution in [1.82, 2.24) is 4.73 Å². The second kappa shape index (κ2) is 1.78. The molecule has 0 aromatic carbocycles. The molecule has 0 saturated carbocycles. The molecule has 3 heteroatoms. The van der Waals surface area contributed by atoms with Crippen LogP contribution in [-0.4, -0.2) is 11.8 Å². The van der Waals surface area contributed by atoms with Crippen molar-refractivity contribution < 1.29 is 4.84 Å². The second-order valence-corrected chi connectivity index (χ2v) is 1.44. The van der Waals surface area contributed by atoms with E-state index in [4.69, 9.17) is 10.6 Å². The van der Waals surface area contributed by atoms with E-state index in [1.807, 2.05) is 6.07 Å².